The molecule has 2 aliphatic heterocycles. The van der Waals surface area contributed by atoms with Crippen molar-refractivity contribution in [2.75, 3.05) is 29.9 Å². The SMILES string of the molecule is Cc1cc(N2CCCC2)ccc1-c1ccc2c(c1)CN[C@H]2CNc1cnccc1C(=O)O. The molecule has 1 saturated heterocycles. The van der Waals surface area contributed by atoms with Gasteiger partial charge in [0.25, 0.3) is 0 Å². The zero-order chi connectivity index (χ0) is 22.1. The van der Waals surface area contributed by atoms with Gasteiger partial charge < -0.3 is 20.6 Å². The number of aromatic carboxylic acids is 1. The normalized spacial score (nSPS) is 17.4. The van der Waals surface area contributed by atoms with Crippen LogP contribution in [0.3, 0.4) is 0 Å². The highest BCUT2D eigenvalue weighted by Crippen LogP contribution is 2.33. The maximum Gasteiger partial charge on any atom is 0.337 e. The summed E-state index contributed by atoms with van der Waals surface area (Å²) in [7, 11) is 0. The Labute approximate surface area is 188 Å². The number of fused-ring (bicyclic) bond motifs is 1. The van der Waals surface area contributed by atoms with Crippen molar-refractivity contribution in [2.24, 2.45) is 0 Å². The van der Waals surface area contributed by atoms with Gasteiger partial charge in [-0.05, 0) is 71.8 Å². The Bertz CT molecular complexity index is 1150. The number of aryl methyl sites for hydroxylation is 1. The van der Waals surface area contributed by atoms with Gasteiger partial charge in [0.05, 0.1) is 23.5 Å². The predicted octanol–water partition coefficient (Wildman–Crippen LogP) is 4.61. The Morgan fingerprint density at radius 2 is 2.03 bits per heavy atom. The summed E-state index contributed by atoms with van der Waals surface area (Å²) in [6.07, 6.45) is 5.63. The minimum absolute atomic E-state index is 0.125. The van der Waals surface area contributed by atoms with E-state index < -0.39 is 5.97 Å². The summed E-state index contributed by atoms with van der Waals surface area (Å²) in [5, 5.41) is 16.2. The van der Waals surface area contributed by atoms with Crippen LogP contribution >= 0.6 is 0 Å². The molecule has 1 fully saturated rings. The summed E-state index contributed by atoms with van der Waals surface area (Å²) in [5.41, 5.74) is 8.48. The fourth-order valence-corrected chi connectivity index (χ4v) is 4.87. The third-order valence-electron chi connectivity index (χ3n) is 6.60. The highest BCUT2D eigenvalue weighted by molar-refractivity contribution is 5.93. The van der Waals surface area contributed by atoms with Gasteiger partial charge in [0, 0.05) is 38.1 Å². The van der Waals surface area contributed by atoms with E-state index in [1.54, 1.807) is 6.20 Å². The van der Waals surface area contributed by atoms with Gasteiger partial charge in [-0.3, -0.25) is 4.98 Å². The summed E-state index contributed by atoms with van der Waals surface area (Å²) in [4.78, 5) is 17.9. The Morgan fingerprint density at radius 1 is 1.19 bits per heavy atom. The van der Waals surface area contributed by atoms with Crippen LogP contribution in [0.25, 0.3) is 11.1 Å². The minimum Gasteiger partial charge on any atom is -0.478 e. The van der Waals surface area contributed by atoms with Crippen molar-refractivity contribution in [1.29, 1.82) is 0 Å². The standard InChI is InChI=1S/C26H28N4O2/c1-17-12-20(30-10-2-3-11-30)5-7-21(17)18-4-6-22-19(13-18)14-28-25(22)16-29-24-15-27-9-8-23(24)26(31)32/h4-9,12-13,15,25,28-29H,2-3,10-11,14,16H2,1H3,(H,31,32)/t25-/m0/s1. The van der Waals surface area contributed by atoms with Gasteiger partial charge in [-0.2, -0.15) is 0 Å². The van der Waals surface area contributed by atoms with E-state index >= 15 is 0 Å². The molecule has 1 aromatic heterocycles. The summed E-state index contributed by atoms with van der Waals surface area (Å²) < 4.78 is 0. The number of nitrogens with zero attached hydrogens (tertiary/aromatic N) is 2. The van der Waals surface area contributed by atoms with Gasteiger partial charge in [0.1, 0.15) is 0 Å². The first-order chi connectivity index (χ1) is 15.6. The highest BCUT2D eigenvalue weighted by Gasteiger charge is 2.23. The largest absolute Gasteiger partial charge is 0.478 e. The number of hydrogen-bond donors (Lipinski definition) is 3. The molecule has 0 amide bonds. The van der Waals surface area contributed by atoms with Gasteiger partial charge in [-0.25, -0.2) is 4.79 Å². The van der Waals surface area contributed by atoms with Crippen molar-refractivity contribution in [3.05, 3.63) is 77.1 Å². The summed E-state index contributed by atoms with van der Waals surface area (Å²) in [6.45, 7) is 5.92. The molecule has 2 aliphatic rings. The number of hydrogen-bond acceptors (Lipinski definition) is 5. The Balaban J connectivity index is 1.32. The molecular formula is C26H28N4O2. The minimum atomic E-state index is -0.953. The van der Waals surface area contributed by atoms with Gasteiger partial charge >= 0.3 is 5.97 Å². The maximum atomic E-state index is 11.4. The van der Waals surface area contributed by atoms with Gasteiger partial charge in [-0.15, -0.1) is 0 Å². The molecule has 6 nitrogen and oxygen atoms in total. The molecule has 6 heteroatoms. The van der Waals surface area contributed by atoms with Crippen molar-refractivity contribution < 1.29 is 9.90 Å². The van der Waals surface area contributed by atoms with Crippen molar-refractivity contribution >= 4 is 17.3 Å². The van der Waals surface area contributed by atoms with Gasteiger partial charge in [-0.1, -0.05) is 18.2 Å². The third-order valence-corrected chi connectivity index (χ3v) is 6.60. The molecule has 32 heavy (non-hydrogen) atoms. The molecule has 0 unspecified atom stereocenters. The van der Waals surface area contributed by atoms with E-state index in [4.69, 9.17) is 0 Å². The molecule has 0 aliphatic carbocycles. The molecule has 5 rings (SSSR count). The van der Waals surface area contributed by atoms with Gasteiger partial charge in [0.15, 0.2) is 0 Å². The number of rotatable bonds is 6. The summed E-state index contributed by atoms with van der Waals surface area (Å²) >= 11 is 0. The number of aromatic nitrogens is 1. The van der Waals surface area contributed by atoms with Crippen LogP contribution < -0.4 is 15.5 Å². The van der Waals surface area contributed by atoms with Crippen molar-refractivity contribution in [3.63, 3.8) is 0 Å². The molecule has 164 valence electrons. The quantitative estimate of drug-likeness (QED) is 0.532. The van der Waals surface area contributed by atoms with Gasteiger partial charge in [0.2, 0.25) is 0 Å². The van der Waals surface area contributed by atoms with Crippen molar-refractivity contribution in [2.45, 2.75) is 32.4 Å². The lowest BCUT2D eigenvalue weighted by atomic mass is 9.95. The molecule has 0 saturated carbocycles. The van der Waals surface area contributed by atoms with Crippen LogP contribution in [-0.4, -0.2) is 35.7 Å². The average Bonchev–Trinajstić information content (AvgIpc) is 3.48. The molecule has 1 atom stereocenters. The molecule has 0 bridgehead atoms. The fraction of sp³-hybridized carbons (Fsp3) is 0.308. The first-order valence-electron chi connectivity index (χ1n) is 11.2. The molecule has 3 heterocycles. The number of benzene rings is 2. The van der Waals surface area contributed by atoms with Crippen LogP contribution in [0.15, 0.2) is 54.9 Å². The maximum absolute atomic E-state index is 11.4. The number of anilines is 2. The predicted molar refractivity (Wildman–Crippen MR) is 127 cm³/mol. The van der Waals surface area contributed by atoms with Crippen molar-refractivity contribution in [3.8, 4) is 11.1 Å². The van der Waals surface area contributed by atoms with Crippen molar-refractivity contribution in [1.82, 2.24) is 10.3 Å². The monoisotopic (exact) mass is 428 g/mol. The molecule has 3 N–H and O–H groups in total. The lowest BCUT2D eigenvalue weighted by Crippen LogP contribution is -2.22. The third kappa shape index (κ3) is 3.94. The first kappa shape index (κ1) is 20.5. The zero-order valence-electron chi connectivity index (χ0n) is 18.3. The van der Waals surface area contributed by atoms with E-state index in [1.165, 1.54) is 58.6 Å². The summed E-state index contributed by atoms with van der Waals surface area (Å²) in [6, 6.07) is 15.1. The molecule has 0 spiro atoms. The molecule has 2 aromatic carbocycles. The Morgan fingerprint density at radius 3 is 2.81 bits per heavy atom. The number of nitrogens with one attached hydrogen (secondary N) is 2. The van der Waals surface area contributed by atoms with Crippen LogP contribution in [0.4, 0.5) is 11.4 Å². The molecular weight excluding hydrogens is 400 g/mol. The topological polar surface area (TPSA) is 77.5 Å². The number of carboxylic acids is 1. The van der Waals surface area contributed by atoms with Crippen LogP contribution in [0.2, 0.25) is 0 Å². The lowest BCUT2D eigenvalue weighted by Gasteiger charge is -2.19. The van der Waals surface area contributed by atoms with E-state index in [0.29, 0.717) is 12.2 Å². The molecule has 3 aromatic rings. The van der Waals surface area contributed by atoms with E-state index in [-0.39, 0.29) is 11.6 Å². The number of pyridine rings is 1. The van der Waals surface area contributed by atoms with E-state index in [1.807, 2.05) is 0 Å². The lowest BCUT2D eigenvalue weighted by molar-refractivity contribution is 0.0697. The number of carboxylic acid groups (broad SMARTS) is 1. The second-order valence-corrected chi connectivity index (χ2v) is 8.65. The van der Waals surface area contributed by atoms with Crippen LogP contribution in [0, 0.1) is 6.92 Å². The molecule has 0 radical (unpaired) electrons. The summed E-state index contributed by atoms with van der Waals surface area (Å²) in [5.74, 6) is -0.953. The highest BCUT2D eigenvalue weighted by atomic mass is 16.4. The van der Waals surface area contributed by atoms with E-state index in [9.17, 15) is 9.90 Å². The zero-order valence-corrected chi connectivity index (χ0v) is 18.3. The van der Waals surface area contributed by atoms with E-state index in [0.717, 1.165) is 19.6 Å². The second-order valence-electron chi connectivity index (χ2n) is 8.65. The first-order valence-corrected chi connectivity index (χ1v) is 11.2. The van der Waals surface area contributed by atoms with Crippen LogP contribution in [0.1, 0.15) is 45.9 Å². The Kier molecular flexibility index (Phi) is 5.53. The van der Waals surface area contributed by atoms with E-state index in [2.05, 4.69) is 63.8 Å². The Hall–Kier alpha value is -3.38. The average molecular weight is 429 g/mol. The van der Waals surface area contributed by atoms with Crippen LogP contribution in [0.5, 0.6) is 0 Å². The van der Waals surface area contributed by atoms with Crippen LogP contribution in [-0.2, 0) is 6.54 Å². The second kappa shape index (κ2) is 8.63. The number of carbonyl (C=O) groups is 1. The smallest absolute Gasteiger partial charge is 0.337 e. The fourth-order valence-electron chi connectivity index (χ4n) is 4.87.